The molecule has 2 amide bonds. The second-order valence-electron chi connectivity index (χ2n) is 6.96. The molecule has 2 aromatic carbocycles. The Hall–Kier alpha value is -3.45. The van der Waals surface area contributed by atoms with Gasteiger partial charge in [-0.2, -0.15) is 0 Å². The Labute approximate surface area is 178 Å². The van der Waals surface area contributed by atoms with E-state index in [4.69, 9.17) is 4.74 Å². The summed E-state index contributed by atoms with van der Waals surface area (Å²) in [6.45, 7) is 8.02. The number of aromatic nitrogens is 1. The molecule has 2 heterocycles. The van der Waals surface area contributed by atoms with Gasteiger partial charge in [-0.15, -0.1) is 17.9 Å². The highest BCUT2D eigenvalue weighted by atomic mass is 32.1. The zero-order chi connectivity index (χ0) is 21.3. The minimum atomic E-state index is -0.185. The van der Waals surface area contributed by atoms with Gasteiger partial charge in [-0.1, -0.05) is 24.3 Å². The molecule has 4 rings (SSSR count). The molecular weight excluding hydrogens is 398 g/mol. The van der Waals surface area contributed by atoms with Crippen LogP contribution in [0.5, 0.6) is 5.75 Å². The Balaban J connectivity index is 1.64. The van der Waals surface area contributed by atoms with E-state index in [0.29, 0.717) is 28.7 Å². The number of anilines is 2. The molecule has 0 aliphatic carbocycles. The van der Waals surface area contributed by atoms with Crippen LogP contribution in [0.3, 0.4) is 0 Å². The molecule has 3 aromatic rings. The number of aryl methyl sites for hydroxylation is 2. The normalized spacial score (nSPS) is 12.9. The first-order chi connectivity index (χ1) is 14.5. The van der Waals surface area contributed by atoms with Gasteiger partial charge in [-0.3, -0.25) is 14.9 Å². The smallest absolute Gasteiger partial charge is 0.265 e. The lowest BCUT2D eigenvalue weighted by Crippen LogP contribution is -2.38. The lowest BCUT2D eigenvalue weighted by Gasteiger charge is -2.28. The molecule has 1 aliphatic heterocycles. The Morgan fingerprint density at radius 3 is 2.87 bits per heavy atom. The number of amides is 2. The maximum Gasteiger partial charge on any atom is 0.265 e. The first-order valence-electron chi connectivity index (χ1n) is 9.51. The SMILES string of the molecule is C=CCN1C(=O)COc2ccc(-c3nc(NC(=O)c4ccccc4C)sc3C)cc21. The van der Waals surface area contributed by atoms with Crippen LogP contribution in [0.4, 0.5) is 10.8 Å². The van der Waals surface area contributed by atoms with E-state index >= 15 is 0 Å². The molecule has 0 saturated heterocycles. The number of ether oxygens (including phenoxy) is 1. The van der Waals surface area contributed by atoms with Crippen LogP contribution < -0.4 is 15.0 Å². The van der Waals surface area contributed by atoms with Crippen LogP contribution in [0, 0.1) is 13.8 Å². The largest absolute Gasteiger partial charge is 0.482 e. The van der Waals surface area contributed by atoms with Gasteiger partial charge in [-0.05, 0) is 43.7 Å². The Bertz CT molecular complexity index is 1150. The third kappa shape index (κ3) is 3.71. The lowest BCUT2D eigenvalue weighted by atomic mass is 10.1. The van der Waals surface area contributed by atoms with Crippen molar-refractivity contribution in [2.24, 2.45) is 0 Å². The van der Waals surface area contributed by atoms with Crippen LogP contribution in [0.25, 0.3) is 11.3 Å². The maximum absolute atomic E-state index is 12.6. The second-order valence-corrected chi connectivity index (χ2v) is 8.16. The molecule has 1 aliphatic rings. The van der Waals surface area contributed by atoms with E-state index in [0.717, 1.165) is 21.7 Å². The van der Waals surface area contributed by atoms with E-state index in [2.05, 4.69) is 16.9 Å². The van der Waals surface area contributed by atoms with E-state index in [1.165, 1.54) is 11.3 Å². The van der Waals surface area contributed by atoms with Gasteiger partial charge in [0, 0.05) is 22.5 Å². The van der Waals surface area contributed by atoms with E-state index in [-0.39, 0.29) is 18.4 Å². The fourth-order valence-electron chi connectivity index (χ4n) is 3.39. The highest BCUT2D eigenvalue weighted by Gasteiger charge is 2.25. The van der Waals surface area contributed by atoms with Crippen molar-refractivity contribution in [2.45, 2.75) is 13.8 Å². The molecule has 7 heteroatoms. The van der Waals surface area contributed by atoms with Crippen LogP contribution >= 0.6 is 11.3 Å². The van der Waals surface area contributed by atoms with Gasteiger partial charge in [0.1, 0.15) is 5.75 Å². The molecular formula is C23H21N3O3S. The average molecular weight is 420 g/mol. The molecule has 1 N–H and O–H groups in total. The third-order valence-electron chi connectivity index (χ3n) is 4.89. The lowest BCUT2D eigenvalue weighted by molar-refractivity contribution is -0.121. The minimum Gasteiger partial charge on any atom is -0.482 e. The number of nitrogens with one attached hydrogen (secondary N) is 1. The summed E-state index contributed by atoms with van der Waals surface area (Å²) < 4.78 is 5.55. The molecule has 6 nitrogen and oxygen atoms in total. The van der Waals surface area contributed by atoms with E-state index in [1.54, 1.807) is 17.0 Å². The van der Waals surface area contributed by atoms with Crippen molar-refractivity contribution in [1.29, 1.82) is 0 Å². The molecule has 0 unspecified atom stereocenters. The number of rotatable bonds is 5. The van der Waals surface area contributed by atoms with Crippen molar-refractivity contribution in [3.8, 4) is 17.0 Å². The summed E-state index contributed by atoms with van der Waals surface area (Å²) >= 11 is 1.42. The fraction of sp³-hybridized carbons (Fsp3) is 0.174. The summed E-state index contributed by atoms with van der Waals surface area (Å²) in [5.41, 5.74) is 3.84. The summed E-state index contributed by atoms with van der Waals surface area (Å²) in [7, 11) is 0. The number of carbonyl (C=O) groups is 2. The molecule has 0 saturated carbocycles. The summed E-state index contributed by atoms with van der Waals surface area (Å²) in [6.07, 6.45) is 1.69. The second kappa shape index (κ2) is 8.12. The first kappa shape index (κ1) is 19.8. The Morgan fingerprint density at radius 2 is 2.10 bits per heavy atom. The number of nitrogens with zero attached hydrogens (tertiary/aromatic N) is 2. The van der Waals surface area contributed by atoms with Crippen LogP contribution in [-0.4, -0.2) is 29.9 Å². The Morgan fingerprint density at radius 1 is 1.30 bits per heavy atom. The molecule has 1 aromatic heterocycles. The van der Waals surface area contributed by atoms with Crippen molar-refractivity contribution < 1.29 is 14.3 Å². The topological polar surface area (TPSA) is 71.5 Å². The van der Waals surface area contributed by atoms with Gasteiger partial charge >= 0.3 is 0 Å². The number of hydrogen-bond donors (Lipinski definition) is 1. The average Bonchev–Trinajstić information content (AvgIpc) is 3.10. The summed E-state index contributed by atoms with van der Waals surface area (Å²) in [4.78, 5) is 32.1. The molecule has 0 spiro atoms. The van der Waals surface area contributed by atoms with Gasteiger partial charge in [0.15, 0.2) is 11.7 Å². The number of thiazole rings is 1. The molecule has 0 radical (unpaired) electrons. The molecule has 0 atom stereocenters. The number of hydrogen-bond acceptors (Lipinski definition) is 5. The molecule has 30 heavy (non-hydrogen) atoms. The zero-order valence-electron chi connectivity index (χ0n) is 16.8. The van der Waals surface area contributed by atoms with E-state index in [1.807, 2.05) is 50.2 Å². The van der Waals surface area contributed by atoms with Crippen molar-refractivity contribution in [1.82, 2.24) is 4.98 Å². The van der Waals surface area contributed by atoms with E-state index < -0.39 is 0 Å². The predicted molar refractivity (Wildman–Crippen MR) is 119 cm³/mol. The minimum absolute atomic E-state index is 0.0188. The first-order valence-corrected chi connectivity index (χ1v) is 10.3. The van der Waals surface area contributed by atoms with Gasteiger partial charge in [0.25, 0.3) is 11.8 Å². The summed E-state index contributed by atoms with van der Waals surface area (Å²) in [5, 5.41) is 3.43. The third-order valence-corrected chi connectivity index (χ3v) is 5.78. The maximum atomic E-state index is 12.6. The molecule has 0 fully saturated rings. The fourth-order valence-corrected chi connectivity index (χ4v) is 4.22. The standard InChI is InChI=1S/C23H21N3O3S/c1-4-11-26-18-12-16(9-10-19(18)29-13-20(26)27)21-15(3)30-23(24-21)25-22(28)17-8-6-5-7-14(17)2/h4-10,12H,1,11,13H2,2-3H3,(H,24,25,28). The van der Waals surface area contributed by atoms with Crippen molar-refractivity contribution >= 4 is 34.0 Å². The van der Waals surface area contributed by atoms with Crippen LogP contribution in [0.2, 0.25) is 0 Å². The monoisotopic (exact) mass is 419 g/mol. The quantitative estimate of drug-likeness (QED) is 0.614. The Kier molecular flexibility index (Phi) is 5.37. The van der Waals surface area contributed by atoms with Crippen LogP contribution in [0.1, 0.15) is 20.8 Å². The van der Waals surface area contributed by atoms with Crippen molar-refractivity contribution in [3.05, 3.63) is 71.1 Å². The van der Waals surface area contributed by atoms with Gasteiger partial charge in [0.2, 0.25) is 0 Å². The molecule has 152 valence electrons. The van der Waals surface area contributed by atoms with Crippen molar-refractivity contribution in [3.63, 3.8) is 0 Å². The van der Waals surface area contributed by atoms with E-state index in [9.17, 15) is 9.59 Å². The molecule has 0 bridgehead atoms. The zero-order valence-corrected chi connectivity index (χ0v) is 17.6. The van der Waals surface area contributed by atoms with Crippen molar-refractivity contribution in [2.75, 3.05) is 23.4 Å². The van der Waals surface area contributed by atoms with Crippen LogP contribution in [-0.2, 0) is 4.79 Å². The summed E-state index contributed by atoms with van der Waals surface area (Å²) in [5.74, 6) is 0.358. The number of fused-ring (bicyclic) bond motifs is 1. The summed E-state index contributed by atoms with van der Waals surface area (Å²) in [6, 6.07) is 13.1. The van der Waals surface area contributed by atoms with Gasteiger partial charge in [0.05, 0.1) is 11.4 Å². The highest BCUT2D eigenvalue weighted by molar-refractivity contribution is 7.16. The number of benzene rings is 2. The van der Waals surface area contributed by atoms with Crippen LogP contribution in [0.15, 0.2) is 55.1 Å². The highest BCUT2D eigenvalue weighted by Crippen LogP contribution is 2.38. The van der Waals surface area contributed by atoms with Gasteiger partial charge in [-0.25, -0.2) is 4.98 Å². The predicted octanol–water partition coefficient (Wildman–Crippen LogP) is 4.59. The number of carbonyl (C=O) groups excluding carboxylic acids is 2. The van der Waals surface area contributed by atoms with Gasteiger partial charge < -0.3 is 9.64 Å².